The number of carbonyl (C=O) groups is 3. The molecule has 0 amide bonds. The normalized spacial score (nSPS) is 18.5. The molecule has 2 rings (SSSR count). The highest BCUT2D eigenvalue weighted by molar-refractivity contribution is 8.12. The number of carbonyl (C=O) groups excluding carboxylic acids is 3. The molecule has 0 aromatic heterocycles. The quantitative estimate of drug-likeness (QED) is 0.631. The highest BCUT2D eigenvalue weighted by Crippen LogP contribution is 2.45. The van der Waals surface area contributed by atoms with Crippen LogP contribution in [0.1, 0.15) is 12.5 Å². The molecule has 102 valence electrons. The topological polar surface area (TPSA) is 60.4 Å². The van der Waals surface area contributed by atoms with Gasteiger partial charge in [0, 0.05) is 11.6 Å². The van der Waals surface area contributed by atoms with Gasteiger partial charge in [0.05, 0.1) is 16.9 Å². The van der Waals surface area contributed by atoms with Gasteiger partial charge in [0.15, 0.2) is 5.78 Å². The van der Waals surface area contributed by atoms with Crippen molar-refractivity contribution in [3.8, 4) is 0 Å². The number of Topliss-reactive ketones (excluding diaryl/α,β-unsaturated/α-hetero) is 2. The molecule has 1 aliphatic rings. The lowest BCUT2D eigenvalue weighted by Crippen LogP contribution is -2.18. The Balaban J connectivity index is 2.38. The van der Waals surface area contributed by atoms with Crippen LogP contribution in [0.15, 0.2) is 46.2 Å². The maximum Gasteiger partial charge on any atom is 0.331 e. The summed E-state index contributed by atoms with van der Waals surface area (Å²) in [6, 6.07) is 9.00. The van der Waals surface area contributed by atoms with Gasteiger partial charge in [-0.2, -0.15) is 0 Å². The van der Waals surface area contributed by atoms with E-state index in [2.05, 4.69) is 4.74 Å². The molecule has 0 spiro atoms. The van der Waals surface area contributed by atoms with E-state index in [0.29, 0.717) is 20.9 Å². The Hall–Kier alpha value is -2.14. The monoisotopic (exact) mass is 288 g/mol. The van der Waals surface area contributed by atoms with E-state index in [0.717, 1.165) is 17.8 Å². The van der Waals surface area contributed by atoms with Crippen molar-refractivity contribution in [1.29, 1.82) is 0 Å². The first-order valence-electron chi connectivity index (χ1n) is 5.87. The van der Waals surface area contributed by atoms with Gasteiger partial charge < -0.3 is 4.74 Å². The summed E-state index contributed by atoms with van der Waals surface area (Å²) in [5, 5.41) is 0. The lowest BCUT2D eigenvalue weighted by atomic mass is 10.0. The summed E-state index contributed by atoms with van der Waals surface area (Å²) in [5.41, 5.74) is 1.09. The Bertz CT molecular complexity index is 641. The maximum absolute atomic E-state index is 12.0. The molecule has 0 unspecified atom stereocenters. The lowest BCUT2D eigenvalue weighted by Gasteiger charge is -2.21. The standard InChI is InChI=1S/C15H12O4S/c1-9(16)13(10-6-4-3-5-7-10)15-14(18)11(20-15)8-12(17)19-2/h3-8H,1-2H3/b11-8-,15-13-. The van der Waals surface area contributed by atoms with E-state index >= 15 is 0 Å². The molecule has 0 aliphatic carbocycles. The fourth-order valence-electron chi connectivity index (χ4n) is 1.79. The van der Waals surface area contributed by atoms with Crippen molar-refractivity contribution in [2.24, 2.45) is 0 Å². The number of benzene rings is 1. The van der Waals surface area contributed by atoms with E-state index in [1.807, 2.05) is 6.07 Å². The molecule has 0 radical (unpaired) electrons. The molecule has 4 nitrogen and oxygen atoms in total. The van der Waals surface area contributed by atoms with Crippen LogP contribution in [0, 0.1) is 0 Å². The zero-order valence-electron chi connectivity index (χ0n) is 11.0. The van der Waals surface area contributed by atoms with Gasteiger partial charge in [-0.05, 0) is 12.5 Å². The van der Waals surface area contributed by atoms with Crippen LogP contribution >= 0.6 is 11.8 Å². The third-order valence-electron chi connectivity index (χ3n) is 2.73. The Morgan fingerprint density at radius 1 is 1.20 bits per heavy atom. The molecule has 0 atom stereocenters. The highest BCUT2D eigenvalue weighted by atomic mass is 32.2. The van der Waals surface area contributed by atoms with Crippen LogP contribution in [-0.4, -0.2) is 24.6 Å². The Labute approximate surface area is 120 Å². The minimum atomic E-state index is -0.580. The number of ether oxygens (including phenoxy) is 1. The molecule has 1 aliphatic heterocycles. The number of ketones is 2. The molecular formula is C15H12O4S. The molecule has 0 saturated carbocycles. The van der Waals surface area contributed by atoms with E-state index in [9.17, 15) is 14.4 Å². The Morgan fingerprint density at radius 2 is 1.85 bits per heavy atom. The van der Waals surface area contributed by atoms with Gasteiger partial charge in [0.25, 0.3) is 0 Å². The van der Waals surface area contributed by atoms with Crippen LogP contribution in [0.3, 0.4) is 0 Å². The van der Waals surface area contributed by atoms with Crippen molar-refractivity contribution >= 4 is 34.9 Å². The van der Waals surface area contributed by atoms with E-state index in [4.69, 9.17) is 0 Å². The van der Waals surface area contributed by atoms with Gasteiger partial charge in [-0.15, -0.1) is 0 Å². The third kappa shape index (κ3) is 2.72. The summed E-state index contributed by atoms with van der Waals surface area (Å²) in [6.45, 7) is 1.42. The van der Waals surface area contributed by atoms with E-state index in [-0.39, 0.29) is 11.6 Å². The van der Waals surface area contributed by atoms with Crippen molar-refractivity contribution in [2.75, 3.05) is 7.11 Å². The molecule has 20 heavy (non-hydrogen) atoms. The van der Waals surface area contributed by atoms with E-state index in [1.54, 1.807) is 24.3 Å². The molecule has 5 heteroatoms. The van der Waals surface area contributed by atoms with Crippen LogP contribution in [0.25, 0.3) is 5.57 Å². The minimum Gasteiger partial charge on any atom is -0.466 e. The minimum absolute atomic E-state index is 0.177. The van der Waals surface area contributed by atoms with E-state index < -0.39 is 5.97 Å². The molecule has 1 fully saturated rings. The summed E-state index contributed by atoms with van der Waals surface area (Å²) in [7, 11) is 1.24. The molecule has 0 bridgehead atoms. The summed E-state index contributed by atoms with van der Waals surface area (Å²) in [4.78, 5) is 35.6. The molecule has 1 heterocycles. The number of thioether (sulfide) groups is 1. The van der Waals surface area contributed by atoms with Gasteiger partial charge in [-0.3, -0.25) is 9.59 Å². The largest absolute Gasteiger partial charge is 0.466 e. The second kappa shape index (κ2) is 5.88. The number of hydrogen-bond donors (Lipinski definition) is 0. The van der Waals surface area contributed by atoms with Crippen molar-refractivity contribution in [3.05, 3.63) is 51.8 Å². The average molecular weight is 288 g/mol. The van der Waals surface area contributed by atoms with Crippen LogP contribution in [0.5, 0.6) is 0 Å². The summed E-state index contributed by atoms with van der Waals surface area (Å²) < 4.78 is 4.47. The number of rotatable bonds is 3. The van der Waals surface area contributed by atoms with E-state index in [1.165, 1.54) is 14.0 Å². The van der Waals surface area contributed by atoms with Crippen molar-refractivity contribution in [2.45, 2.75) is 6.92 Å². The SMILES string of the molecule is COC(=O)/C=C1\S/C(=C(/C(C)=O)c2ccccc2)C1=O. The number of methoxy groups -OCH3 is 1. The molecule has 1 aromatic carbocycles. The Morgan fingerprint density at radius 3 is 2.35 bits per heavy atom. The van der Waals surface area contributed by atoms with Crippen molar-refractivity contribution in [1.82, 2.24) is 0 Å². The molecular weight excluding hydrogens is 276 g/mol. The zero-order valence-corrected chi connectivity index (χ0v) is 11.8. The third-order valence-corrected chi connectivity index (χ3v) is 3.85. The summed E-state index contributed by atoms with van der Waals surface area (Å²) in [5.74, 6) is -1.05. The molecule has 0 N–H and O–H groups in total. The highest BCUT2D eigenvalue weighted by Gasteiger charge is 2.34. The number of allylic oxidation sites excluding steroid dienone is 3. The van der Waals surface area contributed by atoms with Crippen LogP contribution in [0.4, 0.5) is 0 Å². The number of esters is 1. The fourth-order valence-corrected chi connectivity index (χ4v) is 2.78. The second-order valence-corrected chi connectivity index (χ2v) is 5.14. The first kappa shape index (κ1) is 14.3. The summed E-state index contributed by atoms with van der Waals surface area (Å²) >= 11 is 1.13. The van der Waals surface area contributed by atoms with Gasteiger partial charge in [0.2, 0.25) is 5.78 Å². The Kier molecular flexibility index (Phi) is 4.20. The van der Waals surface area contributed by atoms with Crippen LogP contribution in [0.2, 0.25) is 0 Å². The zero-order chi connectivity index (χ0) is 14.7. The van der Waals surface area contributed by atoms with Gasteiger partial charge in [0.1, 0.15) is 0 Å². The van der Waals surface area contributed by atoms with Crippen molar-refractivity contribution < 1.29 is 19.1 Å². The first-order valence-corrected chi connectivity index (χ1v) is 6.69. The fraction of sp³-hybridized carbons (Fsp3) is 0.133. The smallest absolute Gasteiger partial charge is 0.331 e. The lowest BCUT2D eigenvalue weighted by molar-refractivity contribution is -0.135. The van der Waals surface area contributed by atoms with Gasteiger partial charge in [-0.25, -0.2) is 4.79 Å². The van der Waals surface area contributed by atoms with Gasteiger partial charge >= 0.3 is 5.97 Å². The van der Waals surface area contributed by atoms with Crippen molar-refractivity contribution in [3.63, 3.8) is 0 Å². The number of hydrogen-bond acceptors (Lipinski definition) is 5. The predicted molar refractivity (Wildman–Crippen MR) is 76.7 cm³/mol. The van der Waals surface area contributed by atoms with Crippen LogP contribution < -0.4 is 0 Å². The molecule has 1 saturated heterocycles. The molecule has 1 aromatic rings. The first-order chi connectivity index (χ1) is 9.54. The summed E-state index contributed by atoms with van der Waals surface area (Å²) in [6.07, 6.45) is 1.14. The predicted octanol–water partition coefficient (Wildman–Crippen LogP) is 2.36. The van der Waals surface area contributed by atoms with Crippen LogP contribution in [-0.2, 0) is 19.1 Å². The second-order valence-electron chi connectivity index (χ2n) is 4.09. The van der Waals surface area contributed by atoms with Gasteiger partial charge in [-0.1, -0.05) is 42.1 Å². The average Bonchev–Trinajstić information content (AvgIpc) is 2.46. The maximum atomic E-state index is 12.0.